The van der Waals surface area contributed by atoms with E-state index < -0.39 is 0 Å². The van der Waals surface area contributed by atoms with Crippen LogP contribution in [0.15, 0.2) is 47.7 Å². The van der Waals surface area contributed by atoms with E-state index in [0.717, 1.165) is 44.5 Å². The quantitative estimate of drug-likeness (QED) is 0.211. The van der Waals surface area contributed by atoms with Gasteiger partial charge in [-0.3, -0.25) is 4.99 Å². The van der Waals surface area contributed by atoms with E-state index in [2.05, 4.69) is 56.4 Å². The first kappa shape index (κ1) is 24.7. The fourth-order valence-electron chi connectivity index (χ4n) is 4.16. The van der Waals surface area contributed by atoms with Crippen molar-refractivity contribution in [2.75, 3.05) is 26.8 Å². The molecule has 1 aliphatic rings. The molecule has 1 fully saturated rings. The van der Waals surface area contributed by atoms with Gasteiger partial charge in [-0.2, -0.15) is 0 Å². The fourth-order valence-corrected chi connectivity index (χ4v) is 4.16. The Bertz CT molecular complexity index is 756. The largest absolute Gasteiger partial charge is 0.382 e. The minimum Gasteiger partial charge on any atom is -0.382 e. The van der Waals surface area contributed by atoms with Crippen LogP contribution in [0, 0.1) is 5.41 Å². The Labute approximate surface area is 197 Å². The smallest absolute Gasteiger partial charge is 0.191 e. The van der Waals surface area contributed by atoms with E-state index >= 15 is 0 Å². The summed E-state index contributed by atoms with van der Waals surface area (Å²) in [6.45, 7) is 6.12. The molecule has 1 saturated carbocycles. The molecule has 0 unspecified atom stereocenters. The van der Waals surface area contributed by atoms with Crippen LogP contribution >= 0.6 is 24.0 Å². The number of nitrogens with zero attached hydrogens (tertiary/aromatic N) is 3. The Morgan fingerprint density at radius 3 is 2.67 bits per heavy atom. The lowest BCUT2D eigenvalue weighted by molar-refractivity contribution is 0.105. The van der Waals surface area contributed by atoms with Crippen LogP contribution in [0.5, 0.6) is 0 Å². The number of benzene rings is 1. The topological polar surface area (TPSA) is 63.5 Å². The summed E-state index contributed by atoms with van der Waals surface area (Å²) in [4.78, 5) is 8.94. The number of hydrogen-bond donors (Lipinski definition) is 2. The molecule has 1 aromatic carbocycles. The van der Waals surface area contributed by atoms with Gasteiger partial charge in [-0.05, 0) is 37.2 Å². The fraction of sp³-hybridized carbons (Fsp3) is 0.565. The van der Waals surface area contributed by atoms with Crippen molar-refractivity contribution in [3.05, 3.63) is 54.1 Å². The summed E-state index contributed by atoms with van der Waals surface area (Å²) < 4.78 is 7.80. The number of ether oxygens (including phenoxy) is 1. The van der Waals surface area contributed by atoms with E-state index in [1.165, 1.54) is 31.2 Å². The van der Waals surface area contributed by atoms with Crippen molar-refractivity contribution in [3.63, 3.8) is 0 Å². The molecule has 0 bridgehead atoms. The zero-order valence-electron chi connectivity index (χ0n) is 18.3. The van der Waals surface area contributed by atoms with Crippen LogP contribution in [-0.2, 0) is 17.8 Å². The normalized spacial score (nSPS) is 15.6. The minimum atomic E-state index is 0. The molecule has 3 rings (SSSR count). The number of hydrogen-bond acceptors (Lipinski definition) is 3. The Morgan fingerprint density at radius 2 is 1.97 bits per heavy atom. The molecule has 1 aromatic heterocycles. The van der Waals surface area contributed by atoms with Gasteiger partial charge in [0, 0.05) is 45.7 Å². The van der Waals surface area contributed by atoms with Gasteiger partial charge in [0.15, 0.2) is 5.96 Å². The lowest BCUT2D eigenvalue weighted by atomic mass is 9.83. The number of halogens is 1. The van der Waals surface area contributed by atoms with Gasteiger partial charge in [-0.25, -0.2) is 4.98 Å². The van der Waals surface area contributed by atoms with Crippen LogP contribution in [0.25, 0.3) is 0 Å². The van der Waals surface area contributed by atoms with E-state index in [9.17, 15) is 0 Å². The first-order valence-corrected chi connectivity index (χ1v) is 10.8. The third-order valence-electron chi connectivity index (χ3n) is 5.91. The molecule has 1 aliphatic carbocycles. The number of nitrogens with one attached hydrogen (secondary N) is 2. The first-order valence-electron chi connectivity index (χ1n) is 10.8. The molecule has 2 N–H and O–H groups in total. The van der Waals surface area contributed by atoms with Crippen LogP contribution in [0.2, 0.25) is 0 Å². The summed E-state index contributed by atoms with van der Waals surface area (Å²) in [5, 5.41) is 6.99. The molecule has 0 radical (unpaired) electrons. The molecule has 0 spiro atoms. The molecule has 0 amide bonds. The summed E-state index contributed by atoms with van der Waals surface area (Å²) in [6.07, 6.45) is 10.2. The average molecular weight is 525 g/mol. The predicted molar refractivity (Wildman–Crippen MR) is 133 cm³/mol. The van der Waals surface area contributed by atoms with Gasteiger partial charge in [0.05, 0.1) is 6.54 Å². The predicted octanol–water partition coefficient (Wildman–Crippen LogP) is 4.20. The van der Waals surface area contributed by atoms with Gasteiger partial charge >= 0.3 is 0 Å². The number of rotatable bonds is 10. The number of aliphatic imine (C=N–C) groups is 1. The molecule has 166 valence electrons. The zero-order valence-corrected chi connectivity index (χ0v) is 20.6. The maximum atomic E-state index is 5.63. The van der Waals surface area contributed by atoms with E-state index in [0.29, 0.717) is 12.0 Å². The van der Waals surface area contributed by atoms with Crippen molar-refractivity contribution < 1.29 is 4.74 Å². The highest BCUT2D eigenvalue weighted by Crippen LogP contribution is 2.40. The van der Waals surface area contributed by atoms with Gasteiger partial charge in [0.2, 0.25) is 0 Å². The van der Waals surface area contributed by atoms with Gasteiger partial charge in [-0.15, -0.1) is 24.0 Å². The molecular weight excluding hydrogens is 489 g/mol. The van der Waals surface area contributed by atoms with Crippen LogP contribution < -0.4 is 10.6 Å². The third kappa shape index (κ3) is 7.27. The maximum Gasteiger partial charge on any atom is 0.191 e. The molecule has 0 atom stereocenters. The van der Waals surface area contributed by atoms with Crippen molar-refractivity contribution in [3.8, 4) is 0 Å². The molecule has 6 nitrogen and oxygen atoms in total. The Morgan fingerprint density at radius 1 is 1.20 bits per heavy atom. The van der Waals surface area contributed by atoms with Crippen molar-refractivity contribution >= 4 is 29.9 Å². The lowest BCUT2D eigenvalue weighted by Crippen LogP contribution is -2.43. The van der Waals surface area contributed by atoms with Crippen LogP contribution in [-0.4, -0.2) is 42.3 Å². The Balaban J connectivity index is 0.00000320. The Hall–Kier alpha value is -1.61. The molecule has 0 aliphatic heterocycles. The van der Waals surface area contributed by atoms with Crippen molar-refractivity contribution in [2.45, 2.75) is 52.1 Å². The monoisotopic (exact) mass is 525 g/mol. The van der Waals surface area contributed by atoms with Crippen molar-refractivity contribution in [1.29, 1.82) is 0 Å². The van der Waals surface area contributed by atoms with E-state index in [4.69, 9.17) is 4.74 Å². The van der Waals surface area contributed by atoms with Crippen molar-refractivity contribution in [2.24, 2.45) is 10.4 Å². The van der Waals surface area contributed by atoms with Gasteiger partial charge in [-0.1, -0.05) is 43.2 Å². The number of imidazole rings is 1. The number of guanidine groups is 1. The van der Waals surface area contributed by atoms with Crippen LogP contribution in [0.4, 0.5) is 0 Å². The minimum absolute atomic E-state index is 0. The molecule has 30 heavy (non-hydrogen) atoms. The van der Waals surface area contributed by atoms with Gasteiger partial charge < -0.3 is 19.9 Å². The summed E-state index contributed by atoms with van der Waals surface area (Å²) in [7, 11) is 1.83. The summed E-state index contributed by atoms with van der Waals surface area (Å²) >= 11 is 0. The van der Waals surface area contributed by atoms with Crippen molar-refractivity contribution in [1.82, 2.24) is 20.2 Å². The summed E-state index contributed by atoms with van der Waals surface area (Å²) in [5.74, 6) is 1.84. The number of aromatic nitrogens is 2. The van der Waals surface area contributed by atoms with E-state index in [-0.39, 0.29) is 24.0 Å². The second-order valence-electron chi connectivity index (χ2n) is 7.89. The third-order valence-corrected chi connectivity index (χ3v) is 5.91. The van der Waals surface area contributed by atoms with Crippen LogP contribution in [0.1, 0.15) is 50.4 Å². The first-order chi connectivity index (χ1) is 14.2. The Kier molecular flexibility index (Phi) is 10.6. The van der Waals surface area contributed by atoms with Gasteiger partial charge in [0.25, 0.3) is 0 Å². The second kappa shape index (κ2) is 12.9. The zero-order chi connectivity index (χ0) is 20.4. The highest BCUT2D eigenvalue weighted by molar-refractivity contribution is 14.0. The molecule has 1 heterocycles. The van der Waals surface area contributed by atoms with E-state index in [1.807, 2.05) is 25.5 Å². The molecule has 0 saturated heterocycles. The van der Waals surface area contributed by atoms with Gasteiger partial charge in [0.1, 0.15) is 5.82 Å². The SMILES string of the molecule is CCOCCC1(CNC(=NC)NCc2nccn2Cc2ccccc2)CCCC1.I. The van der Waals surface area contributed by atoms with E-state index in [1.54, 1.807) is 0 Å². The molecule has 2 aromatic rings. The highest BCUT2D eigenvalue weighted by atomic mass is 127. The summed E-state index contributed by atoms with van der Waals surface area (Å²) in [6, 6.07) is 10.5. The average Bonchev–Trinajstić information content (AvgIpc) is 3.39. The highest BCUT2D eigenvalue weighted by Gasteiger charge is 2.33. The second-order valence-corrected chi connectivity index (χ2v) is 7.89. The van der Waals surface area contributed by atoms with Crippen LogP contribution in [0.3, 0.4) is 0 Å². The standard InChI is InChI=1S/C23H35N5O.HI/c1-3-29-16-13-23(11-7-8-12-23)19-27-22(24-2)26-17-21-25-14-15-28(21)18-20-9-5-4-6-10-20;/h4-6,9-10,14-15H,3,7-8,11-13,16-19H2,1-2H3,(H2,24,26,27);1H. The maximum absolute atomic E-state index is 5.63. The molecule has 7 heteroatoms. The summed E-state index contributed by atoms with van der Waals surface area (Å²) in [5.41, 5.74) is 1.60. The lowest BCUT2D eigenvalue weighted by Gasteiger charge is -2.30. The molecular formula is C23H36IN5O.